The van der Waals surface area contributed by atoms with Gasteiger partial charge in [-0.2, -0.15) is 0 Å². The van der Waals surface area contributed by atoms with E-state index in [1.165, 1.54) is 11.1 Å². The van der Waals surface area contributed by atoms with Crippen LogP contribution < -0.4 is 10.6 Å². The average molecular weight is 481 g/mol. The molecule has 0 spiro atoms. The first-order chi connectivity index (χ1) is 16.9. The van der Waals surface area contributed by atoms with Crippen LogP contribution in [0, 0.1) is 0 Å². The van der Waals surface area contributed by atoms with Crippen LogP contribution in [0.4, 0.5) is 0 Å². The quantitative estimate of drug-likeness (QED) is 0.543. The molecule has 184 valence electrons. The number of nitrogens with one attached hydrogen (secondary N) is 2. The zero-order valence-corrected chi connectivity index (χ0v) is 19.4. The highest BCUT2D eigenvalue weighted by Crippen LogP contribution is 2.22. The first-order valence-electron chi connectivity index (χ1n) is 11.6. The molecule has 4 atom stereocenters. The van der Waals surface area contributed by atoms with Crippen molar-refractivity contribution in [3.05, 3.63) is 66.0 Å². The van der Waals surface area contributed by atoms with Crippen LogP contribution in [0.5, 0.6) is 0 Å². The van der Waals surface area contributed by atoms with Crippen molar-refractivity contribution in [2.24, 2.45) is 0 Å². The van der Waals surface area contributed by atoms with Crippen molar-refractivity contribution in [2.75, 3.05) is 6.54 Å². The molecule has 2 aromatic rings. The van der Waals surface area contributed by atoms with E-state index in [1.54, 1.807) is 25.1 Å². The van der Waals surface area contributed by atoms with Gasteiger partial charge in [-0.05, 0) is 37.5 Å². The Morgan fingerprint density at radius 2 is 1.94 bits per heavy atom. The van der Waals surface area contributed by atoms with E-state index in [2.05, 4.69) is 15.6 Å². The smallest absolute Gasteiger partial charge is 0.310 e. The highest BCUT2D eigenvalue weighted by molar-refractivity contribution is 5.97. The number of hydrogen-bond donors (Lipinski definition) is 2. The van der Waals surface area contributed by atoms with Crippen LogP contribution in [0.2, 0.25) is 0 Å². The standard InChI is InChI=1S/C25H28N4O6/c1-16(27-22(31)18-10-5-6-12-26-18)24(33)29-13-7-11-20(29)23(32)28-19-14-21(30)35-25(19)34-15-17-8-3-2-4-9-17/h2-6,8-10,12,16,19-20,25H,7,11,13-15H2,1H3,(H,27,31)(H,28,32). The molecule has 0 radical (unpaired) electrons. The Labute approximate surface area is 203 Å². The van der Waals surface area contributed by atoms with Gasteiger partial charge in [0.15, 0.2) is 0 Å². The Bertz CT molecular complexity index is 1060. The molecule has 1 aromatic carbocycles. The Kier molecular flexibility index (Phi) is 7.71. The van der Waals surface area contributed by atoms with Gasteiger partial charge in [0.25, 0.3) is 5.91 Å². The van der Waals surface area contributed by atoms with E-state index in [0.717, 1.165) is 5.56 Å². The lowest BCUT2D eigenvalue weighted by Crippen LogP contribution is -2.54. The van der Waals surface area contributed by atoms with Crippen molar-refractivity contribution >= 4 is 23.7 Å². The fourth-order valence-electron chi connectivity index (χ4n) is 4.22. The van der Waals surface area contributed by atoms with Gasteiger partial charge in [0.1, 0.15) is 23.8 Å². The highest BCUT2D eigenvalue weighted by atomic mass is 16.7. The van der Waals surface area contributed by atoms with Crippen LogP contribution >= 0.6 is 0 Å². The van der Waals surface area contributed by atoms with E-state index >= 15 is 0 Å². The van der Waals surface area contributed by atoms with Crippen molar-refractivity contribution in [2.45, 2.75) is 57.2 Å². The second-order valence-corrected chi connectivity index (χ2v) is 8.57. The summed E-state index contributed by atoms with van der Waals surface area (Å²) in [5.74, 6) is -1.66. The largest absolute Gasteiger partial charge is 0.433 e. The molecule has 4 rings (SSSR count). The third-order valence-corrected chi connectivity index (χ3v) is 6.00. The maximum absolute atomic E-state index is 13.1. The van der Waals surface area contributed by atoms with Gasteiger partial charge in [-0.3, -0.25) is 24.2 Å². The Balaban J connectivity index is 1.34. The lowest BCUT2D eigenvalue weighted by atomic mass is 10.1. The van der Waals surface area contributed by atoms with Gasteiger partial charge >= 0.3 is 5.97 Å². The number of amides is 3. The summed E-state index contributed by atoms with van der Waals surface area (Å²) >= 11 is 0. The Hall–Kier alpha value is -3.79. The lowest BCUT2D eigenvalue weighted by molar-refractivity contribution is -0.168. The number of nitrogens with zero attached hydrogens (tertiary/aromatic N) is 2. The van der Waals surface area contributed by atoms with Crippen molar-refractivity contribution in [3.8, 4) is 0 Å². The molecule has 2 N–H and O–H groups in total. The van der Waals surface area contributed by atoms with E-state index in [4.69, 9.17) is 9.47 Å². The number of aromatic nitrogens is 1. The SMILES string of the molecule is CC(NC(=O)c1ccccn1)C(=O)N1CCCC1C(=O)NC1CC(=O)OC1OCc1ccccc1. The van der Waals surface area contributed by atoms with Gasteiger partial charge in [0.2, 0.25) is 18.1 Å². The third-order valence-electron chi connectivity index (χ3n) is 6.00. The number of esters is 1. The summed E-state index contributed by atoms with van der Waals surface area (Å²) in [5.41, 5.74) is 1.12. The topological polar surface area (TPSA) is 127 Å². The highest BCUT2D eigenvalue weighted by Gasteiger charge is 2.41. The summed E-state index contributed by atoms with van der Waals surface area (Å²) in [6.45, 7) is 2.20. The van der Waals surface area contributed by atoms with Crippen molar-refractivity contribution in [1.29, 1.82) is 0 Å². The zero-order chi connectivity index (χ0) is 24.8. The summed E-state index contributed by atoms with van der Waals surface area (Å²) in [7, 11) is 0. The van der Waals surface area contributed by atoms with Crippen LogP contribution in [0.3, 0.4) is 0 Å². The van der Waals surface area contributed by atoms with Crippen molar-refractivity contribution in [3.63, 3.8) is 0 Å². The number of pyridine rings is 1. The van der Waals surface area contributed by atoms with Crippen LogP contribution in [0.25, 0.3) is 0 Å². The number of likely N-dealkylation sites (tertiary alicyclic amines) is 1. The molecular formula is C25H28N4O6. The van der Waals surface area contributed by atoms with Crippen LogP contribution in [-0.2, 0) is 30.5 Å². The molecule has 2 saturated heterocycles. The summed E-state index contributed by atoms with van der Waals surface area (Å²) < 4.78 is 11.0. The maximum Gasteiger partial charge on any atom is 0.310 e. The molecule has 10 nitrogen and oxygen atoms in total. The first kappa shape index (κ1) is 24.3. The Morgan fingerprint density at radius 3 is 2.69 bits per heavy atom. The summed E-state index contributed by atoms with van der Waals surface area (Å²) in [5, 5.41) is 5.47. The number of carbonyl (C=O) groups is 4. The van der Waals surface area contributed by atoms with E-state index in [1.807, 2.05) is 30.3 Å². The molecule has 2 aliphatic heterocycles. The molecule has 2 fully saturated rings. The number of hydrogen-bond acceptors (Lipinski definition) is 7. The van der Waals surface area contributed by atoms with Gasteiger partial charge < -0.3 is 25.0 Å². The molecule has 4 unspecified atom stereocenters. The van der Waals surface area contributed by atoms with Crippen LogP contribution in [0.1, 0.15) is 42.2 Å². The fourth-order valence-corrected chi connectivity index (χ4v) is 4.22. The first-order valence-corrected chi connectivity index (χ1v) is 11.6. The predicted molar refractivity (Wildman–Crippen MR) is 124 cm³/mol. The molecule has 3 amide bonds. The number of cyclic esters (lactones) is 1. The van der Waals surface area contributed by atoms with Gasteiger partial charge in [-0.1, -0.05) is 36.4 Å². The van der Waals surface area contributed by atoms with Crippen LogP contribution in [-0.4, -0.2) is 64.5 Å². The van der Waals surface area contributed by atoms with E-state index in [9.17, 15) is 19.2 Å². The van der Waals surface area contributed by atoms with Crippen LogP contribution in [0.15, 0.2) is 54.7 Å². The normalized spacial score (nSPS) is 22.4. The second-order valence-electron chi connectivity index (χ2n) is 8.57. The Morgan fingerprint density at radius 1 is 1.17 bits per heavy atom. The van der Waals surface area contributed by atoms with E-state index < -0.39 is 36.3 Å². The third kappa shape index (κ3) is 6.02. The maximum atomic E-state index is 13.1. The zero-order valence-electron chi connectivity index (χ0n) is 19.4. The number of rotatable bonds is 8. The van der Waals surface area contributed by atoms with Crippen molar-refractivity contribution in [1.82, 2.24) is 20.5 Å². The molecule has 2 aliphatic rings. The molecular weight excluding hydrogens is 452 g/mol. The lowest BCUT2D eigenvalue weighted by Gasteiger charge is -2.28. The minimum atomic E-state index is -0.909. The van der Waals surface area contributed by atoms with Gasteiger partial charge in [0, 0.05) is 12.7 Å². The monoisotopic (exact) mass is 480 g/mol. The minimum Gasteiger partial charge on any atom is -0.433 e. The summed E-state index contributed by atoms with van der Waals surface area (Å²) in [6.07, 6.45) is 1.71. The fraction of sp³-hybridized carbons (Fsp3) is 0.400. The second kappa shape index (κ2) is 11.1. The molecule has 35 heavy (non-hydrogen) atoms. The predicted octanol–water partition coefficient (Wildman–Crippen LogP) is 1.17. The summed E-state index contributed by atoms with van der Waals surface area (Å²) in [4.78, 5) is 55.8. The number of ether oxygens (including phenoxy) is 2. The van der Waals surface area contributed by atoms with E-state index in [-0.39, 0.29) is 30.5 Å². The minimum absolute atomic E-state index is 0.0115. The molecule has 3 heterocycles. The molecule has 0 bridgehead atoms. The summed E-state index contributed by atoms with van der Waals surface area (Å²) in [6, 6.07) is 12.2. The van der Waals surface area contributed by atoms with Crippen molar-refractivity contribution < 1.29 is 28.7 Å². The number of carbonyl (C=O) groups excluding carboxylic acids is 4. The molecule has 1 aromatic heterocycles. The number of benzene rings is 1. The average Bonchev–Trinajstić information content (AvgIpc) is 3.50. The van der Waals surface area contributed by atoms with Gasteiger partial charge in [-0.15, -0.1) is 0 Å². The van der Waals surface area contributed by atoms with E-state index in [0.29, 0.717) is 19.4 Å². The molecule has 10 heteroatoms. The molecule has 0 saturated carbocycles. The van der Waals surface area contributed by atoms with Gasteiger partial charge in [0.05, 0.1) is 13.0 Å². The molecule has 0 aliphatic carbocycles. The van der Waals surface area contributed by atoms with Gasteiger partial charge in [-0.25, -0.2) is 0 Å².